The minimum Gasteiger partial charge on any atom is -0.410 e. The number of hydrogen-bond acceptors (Lipinski definition) is 4. The van der Waals surface area contributed by atoms with Crippen LogP contribution in [0.25, 0.3) is 11.3 Å². The van der Waals surface area contributed by atoms with E-state index in [0.717, 1.165) is 5.56 Å². The van der Waals surface area contributed by atoms with Gasteiger partial charge in [0.1, 0.15) is 11.4 Å². The molecular formula is C16H11ClN2O3. The van der Waals surface area contributed by atoms with Crippen LogP contribution in [0.5, 0.6) is 5.75 Å². The predicted octanol–water partition coefficient (Wildman–Crippen LogP) is 4.61. The molecule has 0 radical (unpaired) electrons. The number of carbonyl (C=O) groups excluding carboxylic acids is 1. The van der Waals surface area contributed by atoms with Crippen LogP contribution in [-0.2, 0) is 0 Å². The first-order chi connectivity index (χ1) is 10.7. The smallest absolute Gasteiger partial charge is 0.410 e. The maximum atomic E-state index is 11.7. The van der Waals surface area contributed by atoms with Crippen LogP contribution in [-0.4, -0.2) is 11.2 Å². The van der Waals surface area contributed by atoms with Gasteiger partial charge in [-0.15, -0.1) is 0 Å². The molecule has 5 nitrogen and oxygen atoms in total. The fraction of sp³-hybridized carbons (Fsp3) is 0. The van der Waals surface area contributed by atoms with Gasteiger partial charge in [0, 0.05) is 16.7 Å². The lowest BCUT2D eigenvalue weighted by atomic mass is 10.1. The number of nitrogens with one attached hydrogen (secondary N) is 1. The molecule has 0 aliphatic rings. The van der Waals surface area contributed by atoms with Crippen molar-refractivity contribution in [3.8, 4) is 17.0 Å². The minimum absolute atomic E-state index is 0.200. The summed E-state index contributed by atoms with van der Waals surface area (Å²) in [6.07, 6.45) is -0.648. The second-order valence-electron chi connectivity index (χ2n) is 4.41. The van der Waals surface area contributed by atoms with E-state index in [1.54, 1.807) is 42.5 Å². The summed E-state index contributed by atoms with van der Waals surface area (Å²) >= 11 is 5.83. The standard InChI is InChI=1S/C16H11ClN2O3/c17-12-8-6-11(7-9-12)14-10-15(22-19-14)18-16(20)21-13-4-2-1-3-5-13/h1-10H,(H,18,20). The van der Waals surface area contributed by atoms with E-state index in [0.29, 0.717) is 16.5 Å². The molecule has 0 atom stereocenters. The van der Waals surface area contributed by atoms with Crippen LogP contribution < -0.4 is 10.1 Å². The second-order valence-corrected chi connectivity index (χ2v) is 4.85. The summed E-state index contributed by atoms with van der Waals surface area (Å²) < 4.78 is 10.2. The Bertz CT molecular complexity index is 770. The number of amides is 1. The third-order valence-electron chi connectivity index (χ3n) is 2.83. The first-order valence-electron chi connectivity index (χ1n) is 6.47. The van der Waals surface area contributed by atoms with E-state index in [1.807, 2.05) is 18.2 Å². The number of ether oxygens (including phenoxy) is 1. The Morgan fingerprint density at radius 3 is 2.55 bits per heavy atom. The third-order valence-corrected chi connectivity index (χ3v) is 3.08. The lowest BCUT2D eigenvalue weighted by Crippen LogP contribution is -2.16. The predicted molar refractivity (Wildman–Crippen MR) is 83.0 cm³/mol. The van der Waals surface area contributed by atoms with E-state index < -0.39 is 6.09 Å². The van der Waals surface area contributed by atoms with Crippen molar-refractivity contribution < 1.29 is 14.1 Å². The van der Waals surface area contributed by atoms with Crippen molar-refractivity contribution in [2.45, 2.75) is 0 Å². The molecule has 0 aliphatic heterocycles. The zero-order chi connectivity index (χ0) is 15.4. The van der Waals surface area contributed by atoms with Crippen LogP contribution in [0, 0.1) is 0 Å². The lowest BCUT2D eigenvalue weighted by molar-refractivity contribution is 0.214. The summed E-state index contributed by atoms with van der Waals surface area (Å²) in [7, 11) is 0. The molecular weight excluding hydrogens is 304 g/mol. The lowest BCUT2D eigenvalue weighted by Gasteiger charge is -2.02. The maximum absolute atomic E-state index is 11.7. The fourth-order valence-corrected chi connectivity index (χ4v) is 1.94. The van der Waals surface area contributed by atoms with Gasteiger partial charge < -0.3 is 9.26 Å². The van der Waals surface area contributed by atoms with Gasteiger partial charge in [0.15, 0.2) is 0 Å². The first-order valence-corrected chi connectivity index (χ1v) is 6.85. The van der Waals surface area contributed by atoms with Gasteiger partial charge in [-0.2, -0.15) is 0 Å². The van der Waals surface area contributed by atoms with E-state index in [1.165, 1.54) is 0 Å². The van der Waals surface area contributed by atoms with Crippen molar-refractivity contribution in [3.63, 3.8) is 0 Å². The highest BCUT2D eigenvalue weighted by Crippen LogP contribution is 2.23. The fourth-order valence-electron chi connectivity index (χ4n) is 1.81. The summed E-state index contributed by atoms with van der Waals surface area (Å²) in [5.41, 5.74) is 1.42. The van der Waals surface area contributed by atoms with Gasteiger partial charge in [-0.05, 0) is 24.3 Å². The number of anilines is 1. The van der Waals surface area contributed by atoms with E-state index in [4.69, 9.17) is 20.9 Å². The Morgan fingerprint density at radius 2 is 1.82 bits per heavy atom. The van der Waals surface area contributed by atoms with E-state index in [9.17, 15) is 4.79 Å². The van der Waals surface area contributed by atoms with Crippen LogP contribution in [0.3, 0.4) is 0 Å². The molecule has 22 heavy (non-hydrogen) atoms. The summed E-state index contributed by atoms with van der Waals surface area (Å²) in [4.78, 5) is 11.7. The molecule has 1 heterocycles. The molecule has 2 aromatic carbocycles. The van der Waals surface area contributed by atoms with E-state index in [2.05, 4.69) is 10.5 Å². The van der Waals surface area contributed by atoms with Crippen LogP contribution in [0.4, 0.5) is 10.7 Å². The van der Waals surface area contributed by atoms with Crippen LogP contribution in [0.1, 0.15) is 0 Å². The molecule has 0 unspecified atom stereocenters. The molecule has 6 heteroatoms. The minimum atomic E-state index is -0.648. The van der Waals surface area contributed by atoms with Gasteiger partial charge in [-0.25, -0.2) is 4.79 Å². The number of para-hydroxylation sites is 1. The van der Waals surface area contributed by atoms with E-state index >= 15 is 0 Å². The quantitative estimate of drug-likeness (QED) is 0.767. The number of aromatic nitrogens is 1. The molecule has 0 saturated carbocycles. The number of halogens is 1. The Labute approximate surface area is 131 Å². The summed E-state index contributed by atoms with van der Waals surface area (Å²) in [5, 5.41) is 7.00. The number of hydrogen-bond donors (Lipinski definition) is 1. The maximum Gasteiger partial charge on any atom is 0.419 e. The molecule has 3 aromatic rings. The highest BCUT2D eigenvalue weighted by atomic mass is 35.5. The normalized spacial score (nSPS) is 10.2. The van der Waals surface area contributed by atoms with Crippen molar-refractivity contribution in [2.75, 3.05) is 5.32 Å². The third kappa shape index (κ3) is 3.45. The Kier molecular flexibility index (Phi) is 4.07. The topological polar surface area (TPSA) is 64.4 Å². The molecule has 1 N–H and O–H groups in total. The molecule has 0 fully saturated rings. The molecule has 0 saturated heterocycles. The highest BCUT2D eigenvalue weighted by Gasteiger charge is 2.11. The highest BCUT2D eigenvalue weighted by molar-refractivity contribution is 6.30. The average molecular weight is 315 g/mol. The van der Waals surface area contributed by atoms with Gasteiger partial charge in [0.25, 0.3) is 0 Å². The Morgan fingerprint density at radius 1 is 1.09 bits per heavy atom. The largest absolute Gasteiger partial charge is 0.419 e. The molecule has 0 spiro atoms. The number of carbonyl (C=O) groups is 1. The summed E-state index contributed by atoms with van der Waals surface area (Å²) in [6.45, 7) is 0. The van der Waals surface area contributed by atoms with Gasteiger partial charge in [0.2, 0.25) is 5.88 Å². The zero-order valence-electron chi connectivity index (χ0n) is 11.3. The summed E-state index contributed by atoms with van der Waals surface area (Å²) in [5.74, 6) is 0.642. The number of benzene rings is 2. The average Bonchev–Trinajstić information content (AvgIpc) is 2.97. The van der Waals surface area contributed by atoms with Crippen LogP contribution in [0.15, 0.2) is 65.2 Å². The van der Waals surface area contributed by atoms with Crippen molar-refractivity contribution in [1.29, 1.82) is 0 Å². The van der Waals surface area contributed by atoms with Gasteiger partial charge in [-0.1, -0.05) is 47.1 Å². The van der Waals surface area contributed by atoms with Crippen molar-refractivity contribution in [3.05, 3.63) is 65.7 Å². The second kappa shape index (κ2) is 6.32. The first kappa shape index (κ1) is 14.2. The monoisotopic (exact) mass is 314 g/mol. The SMILES string of the molecule is O=C(Nc1cc(-c2ccc(Cl)cc2)no1)Oc1ccccc1. The van der Waals surface area contributed by atoms with E-state index in [-0.39, 0.29) is 5.88 Å². The van der Waals surface area contributed by atoms with Gasteiger partial charge in [0.05, 0.1) is 0 Å². The molecule has 1 aromatic heterocycles. The number of rotatable bonds is 3. The zero-order valence-corrected chi connectivity index (χ0v) is 12.1. The van der Waals surface area contributed by atoms with Crippen molar-refractivity contribution >= 4 is 23.6 Å². The summed E-state index contributed by atoms with van der Waals surface area (Å²) in [6, 6.07) is 17.5. The number of nitrogens with zero attached hydrogens (tertiary/aromatic N) is 1. The van der Waals surface area contributed by atoms with Crippen molar-refractivity contribution in [1.82, 2.24) is 5.16 Å². The molecule has 0 bridgehead atoms. The van der Waals surface area contributed by atoms with Crippen LogP contribution >= 0.6 is 11.6 Å². The Balaban J connectivity index is 1.66. The van der Waals surface area contributed by atoms with Crippen LogP contribution in [0.2, 0.25) is 5.02 Å². The van der Waals surface area contributed by atoms with Gasteiger partial charge in [-0.3, -0.25) is 5.32 Å². The Hall–Kier alpha value is -2.79. The molecule has 1 amide bonds. The van der Waals surface area contributed by atoms with Gasteiger partial charge >= 0.3 is 6.09 Å². The molecule has 0 aliphatic carbocycles. The van der Waals surface area contributed by atoms with Crippen molar-refractivity contribution in [2.24, 2.45) is 0 Å². The molecule has 110 valence electrons. The molecule has 3 rings (SSSR count).